The van der Waals surface area contributed by atoms with Crippen molar-refractivity contribution in [2.45, 2.75) is 25.7 Å². The molecule has 1 saturated carbocycles. The van der Waals surface area contributed by atoms with Crippen LogP contribution >= 0.6 is 11.3 Å². The van der Waals surface area contributed by atoms with E-state index in [1.807, 2.05) is 12.1 Å². The van der Waals surface area contributed by atoms with E-state index >= 15 is 0 Å². The summed E-state index contributed by atoms with van der Waals surface area (Å²) in [5.74, 6) is 0. The number of hydrogen-bond donors (Lipinski definition) is 1. The van der Waals surface area contributed by atoms with Crippen molar-refractivity contribution < 1.29 is 5.11 Å². The molecule has 94 valence electrons. The molecule has 0 aromatic carbocycles. The summed E-state index contributed by atoms with van der Waals surface area (Å²) in [5, 5.41) is 12.7. The Morgan fingerprint density at radius 1 is 1.28 bits per heavy atom. The Labute approximate surface area is 111 Å². The van der Waals surface area contributed by atoms with E-state index in [-0.39, 0.29) is 12.0 Å². The molecular formula is C14H16N2OS. The first-order valence-corrected chi connectivity index (χ1v) is 7.15. The maximum Gasteiger partial charge on any atom is 0.0939 e. The minimum Gasteiger partial charge on any atom is -0.396 e. The molecule has 3 rings (SSSR count). The van der Waals surface area contributed by atoms with Gasteiger partial charge in [-0.15, -0.1) is 11.3 Å². The van der Waals surface area contributed by atoms with Gasteiger partial charge in [0, 0.05) is 36.4 Å². The highest BCUT2D eigenvalue weighted by atomic mass is 32.1. The molecule has 1 N–H and O–H groups in total. The maximum atomic E-state index is 9.49. The maximum absolute atomic E-state index is 9.49. The minimum absolute atomic E-state index is 0.118. The van der Waals surface area contributed by atoms with Gasteiger partial charge in [0.25, 0.3) is 0 Å². The summed E-state index contributed by atoms with van der Waals surface area (Å²) in [6.07, 6.45) is 7.99. The molecule has 1 aliphatic carbocycles. The van der Waals surface area contributed by atoms with Crippen LogP contribution in [0.25, 0.3) is 11.3 Å². The second-order valence-electron chi connectivity index (χ2n) is 5.05. The molecule has 2 aromatic rings. The van der Waals surface area contributed by atoms with E-state index in [1.165, 1.54) is 6.42 Å². The number of aliphatic hydroxyl groups excluding tert-OH is 1. The van der Waals surface area contributed by atoms with Crippen molar-refractivity contribution in [2.24, 2.45) is 5.41 Å². The molecule has 0 spiro atoms. The molecule has 0 amide bonds. The largest absolute Gasteiger partial charge is 0.396 e. The number of aliphatic hydroxyl groups is 1. The van der Waals surface area contributed by atoms with Crippen LogP contribution in [-0.4, -0.2) is 21.7 Å². The van der Waals surface area contributed by atoms with E-state index in [1.54, 1.807) is 23.7 Å². The molecule has 0 bridgehead atoms. The van der Waals surface area contributed by atoms with E-state index < -0.39 is 0 Å². The predicted molar refractivity (Wildman–Crippen MR) is 72.4 cm³/mol. The first-order chi connectivity index (χ1) is 8.81. The van der Waals surface area contributed by atoms with Gasteiger partial charge in [-0.05, 0) is 30.4 Å². The number of pyridine rings is 1. The summed E-state index contributed by atoms with van der Waals surface area (Å²) >= 11 is 1.69. The summed E-state index contributed by atoms with van der Waals surface area (Å²) in [4.78, 5) is 8.69. The number of rotatable bonds is 4. The van der Waals surface area contributed by atoms with Crippen LogP contribution in [0.2, 0.25) is 0 Å². The van der Waals surface area contributed by atoms with Gasteiger partial charge in [0.15, 0.2) is 0 Å². The number of thiazole rings is 1. The molecule has 1 fully saturated rings. The fourth-order valence-corrected chi connectivity index (χ4v) is 3.41. The molecule has 1 aliphatic rings. The smallest absolute Gasteiger partial charge is 0.0939 e. The molecule has 2 heterocycles. The van der Waals surface area contributed by atoms with Crippen LogP contribution in [-0.2, 0) is 6.42 Å². The second kappa shape index (κ2) is 4.78. The van der Waals surface area contributed by atoms with Gasteiger partial charge < -0.3 is 5.11 Å². The van der Waals surface area contributed by atoms with E-state index in [0.29, 0.717) is 0 Å². The van der Waals surface area contributed by atoms with Crippen molar-refractivity contribution in [3.63, 3.8) is 0 Å². The number of aromatic nitrogens is 2. The summed E-state index contributed by atoms with van der Waals surface area (Å²) in [6, 6.07) is 3.95. The molecule has 18 heavy (non-hydrogen) atoms. The topological polar surface area (TPSA) is 46.0 Å². The first-order valence-electron chi connectivity index (χ1n) is 6.27. The molecule has 0 aliphatic heterocycles. The SMILES string of the molecule is OCC1(Cc2nc(-c3ccncc3)cs2)CCC1. The Morgan fingerprint density at radius 2 is 2.06 bits per heavy atom. The third kappa shape index (κ3) is 2.18. The zero-order valence-electron chi connectivity index (χ0n) is 10.2. The van der Waals surface area contributed by atoms with E-state index in [9.17, 15) is 5.11 Å². The van der Waals surface area contributed by atoms with Crippen LogP contribution < -0.4 is 0 Å². The van der Waals surface area contributed by atoms with Gasteiger partial charge in [-0.1, -0.05) is 6.42 Å². The Balaban J connectivity index is 1.78. The lowest BCUT2D eigenvalue weighted by Gasteiger charge is -2.39. The van der Waals surface area contributed by atoms with Gasteiger partial charge in [0.05, 0.1) is 10.7 Å². The van der Waals surface area contributed by atoms with Gasteiger partial charge in [0.1, 0.15) is 0 Å². The Bertz CT molecular complexity index is 514. The number of nitrogens with zero attached hydrogens (tertiary/aromatic N) is 2. The van der Waals surface area contributed by atoms with E-state index in [0.717, 1.165) is 35.5 Å². The van der Waals surface area contributed by atoms with Gasteiger partial charge in [0.2, 0.25) is 0 Å². The van der Waals surface area contributed by atoms with Crippen LogP contribution in [0.15, 0.2) is 29.9 Å². The zero-order chi connectivity index (χ0) is 12.4. The average molecular weight is 260 g/mol. The van der Waals surface area contributed by atoms with Crippen LogP contribution in [0, 0.1) is 5.41 Å². The van der Waals surface area contributed by atoms with Crippen LogP contribution in [0.3, 0.4) is 0 Å². The van der Waals surface area contributed by atoms with Crippen LogP contribution in [0.5, 0.6) is 0 Å². The van der Waals surface area contributed by atoms with E-state index in [2.05, 4.69) is 15.3 Å². The van der Waals surface area contributed by atoms with E-state index in [4.69, 9.17) is 0 Å². The van der Waals surface area contributed by atoms with Crippen molar-refractivity contribution in [1.82, 2.24) is 9.97 Å². The fraction of sp³-hybridized carbons (Fsp3) is 0.429. The molecule has 0 radical (unpaired) electrons. The molecule has 0 saturated heterocycles. The van der Waals surface area contributed by atoms with Gasteiger partial charge in [-0.2, -0.15) is 0 Å². The standard InChI is InChI=1S/C14H16N2OS/c17-10-14(4-1-5-14)8-13-16-12(9-18-13)11-2-6-15-7-3-11/h2-3,6-7,9,17H,1,4-5,8,10H2. The number of hydrogen-bond acceptors (Lipinski definition) is 4. The summed E-state index contributed by atoms with van der Waals surface area (Å²) in [6.45, 7) is 0.289. The summed E-state index contributed by atoms with van der Waals surface area (Å²) < 4.78 is 0. The molecular weight excluding hydrogens is 244 g/mol. The van der Waals surface area contributed by atoms with Crippen molar-refractivity contribution >= 4 is 11.3 Å². The van der Waals surface area contributed by atoms with Crippen LogP contribution in [0.4, 0.5) is 0 Å². The molecule has 0 atom stereocenters. The van der Waals surface area contributed by atoms with Crippen molar-refractivity contribution in [3.05, 3.63) is 34.9 Å². The quantitative estimate of drug-likeness (QED) is 0.919. The summed E-state index contributed by atoms with van der Waals surface area (Å²) in [7, 11) is 0. The fourth-order valence-electron chi connectivity index (χ4n) is 2.44. The molecule has 0 unspecified atom stereocenters. The third-order valence-electron chi connectivity index (χ3n) is 3.80. The monoisotopic (exact) mass is 260 g/mol. The van der Waals surface area contributed by atoms with Gasteiger partial charge in [-0.3, -0.25) is 4.98 Å². The third-order valence-corrected chi connectivity index (χ3v) is 4.65. The van der Waals surface area contributed by atoms with Crippen LogP contribution in [0.1, 0.15) is 24.3 Å². The highest BCUT2D eigenvalue weighted by Crippen LogP contribution is 2.43. The normalized spacial score (nSPS) is 17.4. The van der Waals surface area contributed by atoms with Crippen molar-refractivity contribution in [2.75, 3.05) is 6.61 Å². The highest BCUT2D eigenvalue weighted by Gasteiger charge is 2.37. The van der Waals surface area contributed by atoms with Crippen molar-refractivity contribution in [3.8, 4) is 11.3 Å². The lowest BCUT2D eigenvalue weighted by molar-refractivity contribution is 0.0450. The second-order valence-corrected chi connectivity index (χ2v) is 5.99. The minimum atomic E-state index is 0.118. The van der Waals surface area contributed by atoms with Gasteiger partial charge in [-0.25, -0.2) is 4.98 Å². The zero-order valence-corrected chi connectivity index (χ0v) is 11.0. The Kier molecular flexibility index (Phi) is 3.14. The lowest BCUT2D eigenvalue weighted by atomic mass is 9.67. The Morgan fingerprint density at radius 3 is 2.67 bits per heavy atom. The lowest BCUT2D eigenvalue weighted by Crippen LogP contribution is -2.35. The summed E-state index contributed by atoms with van der Waals surface area (Å²) in [5.41, 5.74) is 2.25. The highest BCUT2D eigenvalue weighted by molar-refractivity contribution is 7.09. The van der Waals surface area contributed by atoms with Gasteiger partial charge >= 0.3 is 0 Å². The molecule has 2 aromatic heterocycles. The Hall–Kier alpha value is -1.26. The predicted octanol–water partition coefficient (Wildman–Crippen LogP) is 2.91. The first kappa shape index (κ1) is 11.8. The molecule has 4 heteroatoms. The average Bonchev–Trinajstić information content (AvgIpc) is 2.83. The molecule has 3 nitrogen and oxygen atoms in total. The van der Waals surface area contributed by atoms with Crippen molar-refractivity contribution in [1.29, 1.82) is 0 Å².